The lowest BCUT2D eigenvalue weighted by molar-refractivity contribution is -0.144. The first-order valence-electron chi connectivity index (χ1n) is 12.8. The average Bonchev–Trinajstić information content (AvgIpc) is 3.49. The maximum atomic E-state index is 14.0. The van der Waals surface area contributed by atoms with E-state index in [1.54, 1.807) is 25.7 Å². The van der Waals surface area contributed by atoms with E-state index in [9.17, 15) is 19.2 Å². The third-order valence-corrected chi connectivity index (χ3v) is 6.10. The normalized spacial score (nSPS) is 19.4. The summed E-state index contributed by atoms with van der Waals surface area (Å²) in [6.45, 7) is 11.2. The van der Waals surface area contributed by atoms with E-state index in [0.29, 0.717) is 5.56 Å². The van der Waals surface area contributed by atoms with E-state index in [2.05, 4.69) is 10.6 Å². The monoisotopic (exact) mass is 502 g/mol. The number of carbonyl (C=O) groups excluding carboxylic acids is 4. The third kappa shape index (κ3) is 8.84. The van der Waals surface area contributed by atoms with Crippen LogP contribution in [0, 0.1) is 5.92 Å². The summed E-state index contributed by atoms with van der Waals surface area (Å²) in [6.07, 6.45) is 1.58. The molecule has 4 N–H and O–H groups in total. The zero-order valence-electron chi connectivity index (χ0n) is 22.4. The minimum Gasteiger partial charge on any atom is -0.444 e. The van der Waals surface area contributed by atoms with Crippen LogP contribution in [0.2, 0.25) is 0 Å². The number of benzene rings is 1. The molecule has 9 heteroatoms. The average molecular weight is 503 g/mol. The zero-order valence-corrected chi connectivity index (χ0v) is 22.4. The van der Waals surface area contributed by atoms with Gasteiger partial charge >= 0.3 is 6.09 Å². The minimum absolute atomic E-state index is 0.000374. The smallest absolute Gasteiger partial charge is 0.408 e. The molecule has 5 unspecified atom stereocenters. The third-order valence-electron chi connectivity index (χ3n) is 6.10. The van der Waals surface area contributed by atoms with Gasteiger partial charge in [0.25, 0.3) is 0 Å². The Labute approximate surface area is 214 Å². The van der Waals surface area contributed by atoms with Crippen molar-refractivity contribution < 1.29 is 23.9 Å². The quantitative estimate of drug-likeness (QED) is 0.403. The lowest BCUT2D eigenvalue weighted by Gasteiger charge is -2.35. The predicted octanol–water partition coefficient (Wildman–Crippen LogP) is 3.43. The number of carbonyl (C=O) groups is 4. The zero-order chi connectivity index (χ0) is 27.0. The van der Waals surface area contributed by atoms with Crippen molar-refractivity contribution in [1.29, 1.82) is 0 Å². The SMILES string of the molecule is CCCC(C)NC(=O)C(c1ccccc1)N(C(=O)C(CCC(N)=O)NC(=O)OC(C)(C)C)C1CC1C. The van der Waals surface area contributed by atoms with Crippen LogP contribution in [0.3, 0.4) is 0 Å². The largest absolute Gasteiger partial charge is 0.444 e. The van der Waals surface area contributed by atoms with Gasteiger partial charge in [0.2, 0.25) is 17.7 Å². The van der Waals surface area contributed by atoms with E-state index in [0.717, 1.165) is 19.3 Å². The van der Waals surface area contributed by atoms with Crippen LogP contribution in [0.5, 0.6) is 0 Å². The highest BCUT2D eigenvalue weighted by atomic mass is 16.6. The Bertz CT molecular complexity index is 914. The van der Waals surface area contributed by atoms with Gasteiger partial charge in [-0.15, -0.1) is 0 Å². The molecule has 9 nitrogen and oxygen atoms in total. The molecule has 0 spiro atoms. The first-order valence-corrected chi connectivity index (χ1v) is 12.8. The molecule has 1 aromatic rings. The molecule has 200 valence electrons. The van der Waals surface area contributed by atoms with Crippen molar-refractivity contribution in [3.8, 4) is 0 Å². The van der Waals surface area contributed by atoms with Gasteiger partial charge in [-0.3, -0.25) is 14.4 Å². The summed E-state index contributed by atoms with van der Waals surface area (Å²) in [5.41, 5.74) is 5.26. The van der Waals surface area contributed by atoms with Crippen LogP contribution in [-0.2, 0) is 19.1 Å². The highest BCUT2D eigenvalue weighted by molar-refractivity contribution is 5.93. The lowest BCUT2D eigenvalue weighted by atomic mass is 10.0. The molecule has 0 bridgehead atoms. The van der Waals surface area contributed by atoms with Crippen LogP contribution in [0.4, 0.5) is 4.79 Å². The van der Waals surface area contributed by atoms with Gasteiger partial charge in [-0.2, -0.15) is 0 Å². The van der Waals surface area contributed by atoms with Gasteiger partial charge in [-0.05, 0) is 58.4 Å². The predicted molar refractivity (Wildman–Crippen MR) is 138 cm³/mol. The van der Waals surface area contributed by atoms with Crippen molar-refractivity contribution in [2.45, 2.75) is 103 Å². The fourth-order valence-corrected chi connectivity index (χ4v) is 4.25. The van der Waals surface area contributed by atoms with Gasteiger partial charge in [-0.1, -0.05) is 50.6 Å². The number of amides is 4. The van der Waals surface area contributed by atoms with Crippen molar-refractivity contribution in [1.82, 2.24) is 15.5 Å². The van der Waals surface area contributed by atoms with Gasteiger partial charge in [0.1, 0.15) is 17.7 Å². The second-order valence-corrected chi connectivity index (χ2v) is 10.7. The van der Waals surface area contributed by atoms with E-state index in [1.807, 2.05) is 51.1 Å². The Morgan fingerprint density at radius 3 is 2.22 bits per heavy atom. The van der Waals surface area contributed by atoms with Crippen molar-refractivity contribution in [2.24, 2.45) is 11.7 Å². The van der Waals surface area contributed by atoms with Crippen LogP contribution in [0.25, 0.3) is 0 Å². The molecule has 0 radical (unpaired) electrons. The van der Waals surface area contributed by atoms with E-state index in [1.165, 1.54) is 0 Å². The number of rotatable bonds is 12. The van der Waals surface area contributed by atoms with E-state index >= 15 is 0 Å². The van der Waals surface area contributed by atoms with E-state index < -0.39 is 35.6 Å². The van der Waals surface area contributed by atoms with Crippen LogP contribution >= 0.6 is 0 Å². The van der Waals surface area contributed by atoms with Crippen molar-refractivity contribution in [2.75, 3.05) is 0 Å². The highest BCUT2D eigenvalue weighted by Gasteiger charge is 2.48. The summed E-state index contributed by atoms with van der Waals surface area (Å²) in [6, 6.07) is 6.95. The number of primary amides is 1. The topological polar surface area (TPSA) is 131 Å². The molecular formula is C27H42N4O5. The number of hydrogen-bond acceptors (Lipinski definition) is 5. The number of ether oxygens (including phenoxy) is 1. The number of hydrogen-bond donors (Lipinski definition) is 3. The van der Waals surface area contributed by atoms with Crippen LogP contribution < -0.4 is 16.4 Å². The number of nitrogens with one attached hydrogen (secondary N) is 2. The molecule has 1 aliphatic rings. The van der Waals surface area contributed by atoms with Crippen molar-refractivity contribution >= 4 is 23.8 Å². The van der Waals surface area contributed by atoms with Gasteiger partial charge in [0.05, 0.1) is 0 Å². The van der Waals surface area contributed by atoms with Gasteiger partial charge in [0, 0.05) is 18.5 Å². The van der Waals surface area contributed by atoms with Crippen molar-refractivity contribution in [3.05, 3.63) is 35.9 Å². The van der Waals surface area contributed by atoms with Gasteiger partial charge in [0.15, 0.2) is 0 Å². The summed E-state index contributed by atoms with van der Waals surface area (Å²) in [7, 11) is 0. The van der Waals surface area contributed by atoms with Crippen LogP contribution in [0.1, 0.15) is 85.3 Å². The van der Waals surface area contributed by atoms with Crippen LogP contribution in [-0.4, -0.2) is 52.4 Å². The maximum absolute atomic E-state index is 14.0. The molecule has 36 heavy (non-hydrogen) atoms. The summed E-state index contributed by atoms with van der Waals surface area (Å²) >= 11 is 0. The summed E-state index contributed by atoms with van der Waals surface area (Å²) in [4.78, 5) is 53.4. The maximum Gasteiger partial charge on any atom is 0.408 e. The molecule has 1 saturated carbocycles. The molecule has 1 aliphatic carbocycles. The first-order chi connectivity index (χ1) is 16.8. The molecule has 5 atom stereocenters. The summed E-state index contributed by atoms with van der Waals surface area (Å²) in [5.74, 6) is -1.11. The second kappa shape index (κ2) is 12.7. The molecule has 0 saturated heterocycles. The van der Waals surface area contributed by atoms with E-state index in [4.69, 9.17) is 10.5 Å². The standard InChI is InChI=1S/C27H42N4O5/c1-7-11-18(3)29-24(33)23(19-12-9-8-10-13-19)31(21-16-17(21)2)25(34)20(14-15-22(28)32)30-26(35)36-27(4,5)6/h8-10,12-13,17-18,20-21,23H,7,11,14-16H2,1-6H3,(H2,28,32)(H,29,33)(H,30,35). The Morgan fingerprint density at radius 1 is 1.11 bits per heavy atom. The Kier molecular flexibility index (Phi) is 10.3. The minimum atomic E-state index is -1.08. The molecular weight excluding hydrogens is 460 g/mol. The van der Waals surface area contributed by atoms with Crippen molar-refractivity contribution in [3.63, 3.8) is 0 Å². The Morgan fingerprint density at radius 2 is 1.72 bits per heavy atom. The first kappa shape index (κ1) is 29.1. The molecule has 1 aromatic carbocycles. The van der Waals surface area contributed by atoms with Crippen LogP contribution in [0.15, 0.2) is 30.3 Å². The van der Waals surface area contributed by atoms with E-state index in [-0.39, 0.29) is 36.8 Å². The summed E-state index contributed by atoms with van der Waals surface area (Å²) < 4.78 is 5.36. The molecule has 2 rings (SSSR count). The molecule has 4 amide bonds. The fraction of sp³-hybridized carbons (Fsp3) is 0.630. The number of nitrogens with zero attached hydrogens (tertiary/aromatic N) is 1. The van der Waals surface area contributed by atoms with Gasteiger partial charge < -0.3 is 26.0 Å². The highest BCUT2D eigenvalue weighted by Crippen LogP contribution is 2.41. The number of nitrogens with two attached hydrogens (primary N) is 1. The Hall–Kier alpha value is -3.10. The Balaban J connectivity index is 2.44. The fourth-order valence-electron chi connectivity index (χ4n) is 4.25. The molecule has 1 fully saturated rings. The lowest BCUT2D eigenvalue weighted by Crippen LogP contribution is -2.54. The van der Waals surface area contributed by atoms with Gasteiger partial charge in [-0.25, -0.2) is 4.79 Å². The number of alkyl carbamates (subject to hydrolysis) is 1. The molecule has 0 heterocycles. The molecule has 0 aromatic heterocycles. The molecule has 0 aliphatic heterocycles. The second-order valence-electron chi connectivity index (χ2n) is 10.7. The summed E-state index contributed by atoms with van der Waals surface area (Å²) in [5, 5.41) is 5.68.